The Bertz CT molecular complexity index is 1250. The van der Waals surface area contributed by atoms with Crippen LogP contribution in [0.2, 0.25) is 0 Å². The summed E-state index contributed by atoms with van der Waals surface area (Å²) >= 11 is 0. The van der Waals surface area contributed by atoms with Crippen LogP contribution in [0.25, 0.3) is 0 Å². The van der Waals surface area contributed by atoms with Gasteiger partial charge in [0.2, 0.25) is 0 Å². The minimum absolute atomic E-state index is 0.0686. The predicted molar refractivity (Wildman–Crippen MR) is 297 cm³/mol. The van der Waals surface area contributed by atoms with E-state index in [1.54, 1.807) is 0 Å². The van der Waals surface area contributed by atoms with Gasteiger partial charge in [-0.2, -0.15) is 0 Å². The lowest BCUT2D eigenvalue weighted by Crippen LogP contribution is -2.30. The molecule has 0 rings (SSSR count). The number of allylic oxidation sites excluding steroid dienone is 14. The molecule has 0 aromatic heterocycles. The summed E-state index contributed by atoms with van der Waals surface area (Å²) in [6, 6.07) is 0. The SMILES string of the molecule is CCCCC/C=C\C/C=C\C/C=C\CCCCCCCCCOCC(COC(=O)CCCCCCCCC/C=C\C/C=C\CCCCC)OC(=O)CCCCCCC/C=C\C/C=C\CCCCC. The summed E-state index contributed by atoms with van der Waals surface area (Å²) in [7, 11) is 0. The quantitative estimate of drug-likeness (QED) is 0.0345. The molecule has 0 aromatic rings. The lowest BCUT2D eigenvalue weighted by atomic mass is 10.1. The summed E-state index contributed by atoms with van der Waals surface area (Å²) in [4.78, 5) is 25.5. The van der Waals surface area contributed by atoms with Crippen molar-refractivity contribution in [3.05, 3.63) is 85.1 Å². The number of ether oxygens (including phenoxy) is 3. The van der Waals surface area contributed by atoms with Crippen LogP contribution in [-0.4, -0.2) is 37.9 Å². The highest BCUT2D eigenvalue weighted by molar-refractivity contribution is 5.70. The molecule has 0 bridgehead atoms. The van der Waals surface area contributed by atoms with Gasteiger partial charge >= 0.3 is 11.9 Å². The summed E-state index contributed by atoms with van der Waals surface area (Å²) in [6.45, 7) is 7.73. The number of unbranched alkanes of at least 4 members (excludes halogenated alkanes) is 28. The predicted octanol–water partition coefficient (Wildman–Crippen LogP) is 20.0. The average Bonchev–Trinajstić information content (AvgIpc) is 3.34. The fraction of sp³-hybridized carbons (Fsp3) is 0.746. The fourth-order valence-corrected chi connectivity index (χ4v) is 7.99. The van der Waals surface area contributed by atoms with Crippen molar-refractivity contribution in [1.29, 1.82) is 0 Å². The maximum absolute atomic E-state index is 12.9. The standard InChI is InChI=1S/C63H110O5/c1-4-7-10-13-16-19-22-25-28-30-31-32-34-37-40-43-46-49-52-55-58-66-59-61(68-63(65)57-54-51-48-45-42-39-35-27-24-21-18-15-12-9-6-3)60-67-62(64)56-53-50-47-44-41-38-36-33-29-26-23-20-17-14-11-8-5-2/h16-21,25-29,31-32,35,61H,4-15,22-24,30,33-34,36-60H2,1-3H3/b19-16-,20-17-,21-18-,28-25-,29-26-,32-31-,35-27-. The lowest BCUT2D eigenvalue weighted by Gasteiger charge is -2.18. The van der Waals surface area contributed by atoms with Gasteiger partial charge in [0, 0.05) is 19.4 Å². The zero-order chi connectivity index (χ0) is 49.2. The van der Waals surface area contributed by atoms with Crippen LogP contribution in [0.15, 0.2) is 85.1 Å². The molecule has 0 amide bonds. The lowest BCUT2D eigenvalue weighted by molar-refractivity contribution is -0.163. The molecule has 5 nitrogen and oxygen atoms in total. The zero-order valence-corrected chi connectivity index (χ0v) is 45.1. The molecule has 1 unspecified atom stereocenters. The largest absolute Gasteiger partial charge is 0.462 e. The Morgan fingerprint density at radius 2 is 0.618 bits per heavy atom. The van der Waals surface area contributed by atoms with Crippen molar-refractivity contribution in [3.63, 3.8) is 0 Å². The molecular formula is C63H110O5. The van der Waals surface area contributed by atoms with E-state index >= 15 is 0 Å². The molecular weight excluding hydrogens is 837 g/mol. The van der Waals surface area contributed by atoms with Gasteiger partial charge in [-0.3, -0.25) is 9.59 Å². The van der Waals surface area contributed by atoms with Gasteiger partial charge in [-0.15, -0.1) is 0 Å². The van der Waals surface area contributed by atoms with E-state index in [9.17, 15) is 9.59 Å². The highest BCUT2D eigenvalue weighted by Gasteiger charge is 2.17. The van der Waals surface area contributed by atoms with Crippen LogP contribution in [-0.2, 0) is 23.8 Å². The number of hydrogen-bond acceptors (Lipinski definition) is 5. The molecule has 5 heteroatoms. The molecule has 0 radical (unpaired) electrons. The average molecular weight is 948 g/mol. The van der Waals surface area contributed by atoms with Crippen LogP contribution in [0, 0.1) is 0 Å². The van der Waals surface area contributed by atoms with Gasteiger partial charge in [0.1, 0.15) is 6.61 Å². The van der Waals surface area contributed by atoms with Crippen molar-refractivity contribution in [1.82, 2.24) is 0 Å². The van der Waals surface area contributed by atoms with E-state index < -0.39 is 6.10 Å². The van der Waals surface area contributed by atoms with Gasteiger partial charge in [0.05, 0.1) is 6.61 Å². The van der Waals surface area contributed by atoms with Gasteiger partial charge in [0.15, 0.2) is 6.10 Å². The second-order valence-electron chi connectivity index (χ2n) is 19.2. The van der Waals surface area contributed by atoms with Crippen LogP contribution in [0.1, 0.15) is 278 Å². The van der Waals surface area contributed by atoms with Crippen molar-refractivity contribution < 1.29 is 23.8 Å². The monoisotopic (exact) mass is 947 g/mol. The van der Waals surface area contributed by atoms with E-state index in [1.807, 2.05) is 0 Å². The van der Waals surface area contributed by atoms with E-state index in [1.165, 1.54) is 161 Å². The van der Waals surface area contributed by atoms with Gasteiger partial charge in [-0.1, -0.05) is 228 Å². The molecule has 0 aliphatic rings. The first-order valence-corrected chi connectivity index (χ1v) is 29.1. The van der Waals surface area contributed by atoms with Crippen molar-refractivity contribution in [3.8, 4) is 0 Å². The molecule has 0 spiro atoms. The van der Waals surface area contributed by atoms with Crippen LogP contribution < -0.4 is 0 Å². The summed E-state index contributed by atoms with van der Waals surface area (Å²) in [5.74, 6) is -0.423. The maximum Gasteiger partial charge on any atom is 0.306 e. The first-order valence-electron chi connectivity index (χ1n) is 29.1. The van der Waals surface area contributed by atoms with E-state index in [-0.39, 0.29) is 25.2 Å². The van der Waals surface area contributed by atoms with E-state index in [4.69, 9.17) is 14.2 Å². The van der Waals surface area contributed by atoms with Crippen LogP contribution in [0.4, 0.5) is 0 Å². The third-order valence-corrected chi connectivity index (χ3v) is 12.4. The normalized spacial score (nSPS) is 12.8. The minimum Gasteiger partial charge on any atom is -0.462 e. The van der Waals surface area contributed by atoms with Crippen molar-refractivity contribution >= 4 is 11.9 Å². The second kappa shape index (κ2) is 58.4. The van der Waals surface area contributed by atoms with Crippen molar-refractivity contribution in [2.75, 3.05) is 19.8 Å². The Hall–Kier alpha value is -2.92. The van der Waals surface area contributed by atoms with Crippen LogP contribution >= 0.6 is 0 Å². The van der Waals surface area contributed by atoms with Crippen LogP contribution in [0.3, 0.4) is 0 Å². The molecule has 0 fully saturated rings. The molecule has 0 aliphatic heterocycles. The van der Waals surface area contributed by atoms with Gasteiger partial charge in [-0.05, 0) is 122 Å². The third kappa shape index (κ3) is 55.7. The van der Waals surface area contributed by atoms with E-state index in [2.05, 4.69) is 106 Å². The molecule has 0 aliphatic carbocycles. The van der Waals surface area contributed by atoms with Gasteiger partial charge < -0.3 is 14.2 Å². The topological polar surface area (TPSA) is 61.8 Å². The summed E-state index contributed by atoms with van der Waals surface area (Å²) < 4.78 is 17.5. The smallest absolute Gasteiger partial charge is 0.306 e. The van der Waals surface area contributed by atoms with Gasteiger partial charge in [0.25, 0.3) is 0 Å². The Morgan fingerprint density at radius 1 is 0.324 bits per heavy atom. The molecule has 0 N–H and O–H groups in total. The number of esters is 2. The van der Waals surface area contributed by atoms with Crippen LogP contribution in [0.5, 0.6) is 0 Å². The summed E-state index contributed by atoms with van der Waals surface area (Å²) in [6.07, 6.45) is 77.4. The number of rotatable bonds is 53. The first-order chi connectivity index (χ1) is 33.6. The highest BCUT2D eigenvalue weighted by Crippen LogP contribution is 2.14. The van der Waals surface area contributed by atoms with Crippen molar-refractivity contribution in [2.24, 2.45) is 0 Å². The Morgan fingerprint density at radius 3 is 0.985 bits per heavy atom. The zero-order valence-electron chi connectivity index (χ0n) is 45.1. The van der Waals surface area contributed by atoms with E-state index in [0.717, 1.165) is 83.5 Å². The van der Waals surface area contributed by atoms with Crippen molar-refractivity contribution in [2.45, 2.75) is 284 Å². The second-order valence-corrected chi connectivity index (χ2v) is 19.2. The fourth-order valence-electron chi connectivity index (χ4n) is 7.99. The summed E-state index contributed by atoms with van der Waals surface area (Å²) in [5.41, 5.74) is 0. The molecule has 392 valence electrons. The molecule has 68 heavy (non-hydrogen) atoms. The molecule has 0 heterocycles. The molecule has 0 aromatic carbocycles. The Kier molecular flexibility index (Phi) is 55.9. The molecule has 0 saturated carbocycles. The Labute approximate surface area is 422 Å². The van der Waals surface area contributed by atoms with Gasteiger partial charge in [-0.25, -0.2) is 0 Å². The molecule has 1 atom stereocenters. The number of carbonyl (C=O) groups excluding carboxylic acids is 2. The molecule has 0 saturated heterocycles. The Balaban J connectivity index is 4.33. The number of carbonyl (C=O) groups is 2. The minimum atomic E-state index is -0.557. The number of hydrogen-bond donors (Lipinski definition) is 0. The summed E-state index contributed by atoms with van der Waals surface area (Å²) in [5, 5.41) is 0. The first kappa shape index (κ1) is 65.1. The highest BCUT2D eigenvalue weighted by atomic mass is 16.6. The van der Waals surface area contributed by atoms with E-state index in [0.29, 0.717) is 19.4 Å². The third-order valence-electron chi connectivity index (χ3n) is 12.4. The maximum atomic E-state index is 12.9.